The molecule has 3 rings (SSSR count). The number of methoxy groups -OCH3 is 1. The van der Waals surface area contributed by atoms with Crippen molar-refractivity contribution in [1.82, 2.24) is 14.7 Å². The average molecular weight is 347 g/mol. The molecule has 0 aromatic carbocycles. The number of hydrogen-bond donors (Lipinski definition) is 0. The second-order valence-corrected chi connectivity index (χ2v) is 8.55. The average Bonchev–Trinajstić information content (AvgIpc) is 2.95. The molecule has 0 radical (unpaired) electrons. The van der Waals surface area contributed by atoms with Crippen molar-refractivity contribution in [1.29, 1.82) is 0 Å². The number of nitrogens with zero attached hydrogens (tertiary/aromatic N) is 3. The zero-order valence-electron chi connectivity index (χ0n) is 16.2. The zero-order chi connectivity index (χ0) is 18.6. The fraction of sp³-hybridized carbons (Fsp3) is 0.737. The Balaban J connectivity index is 1.75. The van der Waals surface area contributed by atoms with Crippen LogP contribution in [0.4, 0.5) is 0 Å². The monoisotopic (exact) mass is 347 g/mol. The first-order valence-electron chi connectivity index (χ1n) is 8.93. The van der Waals surface area contributed by atoms with Crippen LogP contribution in [0.5, 0.6) is 0 Å². The first kappa shape index (κ1) is 18.1. The predicted molar refractivity (Wildman–Crippen MR) is 94.5 cm³/mol. The van der Waals surface area contributed by atoms with Gasteiger partial charge < -0.3 is 9.64 Å². The lowest BCUT2D eigenvalue weighted by molar-refractivity contribution is -0.131. The molecule has 25 heavy (non-hydrogen) atoms. The highest BCUT2D eigenvalue weighted by Crippen LogP contribution is 2.62. The minimum absolute atomic E-state index is 0.00582. The number of carbonyl (C=O) groups is 2. The molecular weight excluding hydrogens is 318 g/mol. The van der Waals surface area contributed by atoms with Gasteiger partial charge in [0.25, 0.3) is 0 Å². The van der Waals surface area contributed by atoms with Gasteiger partial charge in [-0.2, -0.15) is 5.10 Å². The van der Waals surface area contributed by atoms with E-state index in [2.05, 4.69) is 18.9 Å². The standard InChI is InChI=1S/C19H29N3O3/c1-12-17(14(3)23)13(2)22(20-12)8-16(24)21-7-15-18(4,5)9-19(15,10-21)11-25-6/h15H,7-11H2,1-6H3/t15-,19-/m1/s1. The van der Waals surface area contributed by atoms with E-state index in [0.29, 0.717) is 23.8 Å². The van der Waals surface area contributed by atoms with Crippen molar-refractivity contribution in [2.24, 2.45) is 16.7 Å². The Morgan fingerprint density at radius 3 is 2.52 bits per heavy atom. The minimum atomic E-state index is -0.00582. The predicted octanol–water partition coefficient (Wildman–Crippen LogP) is 2.22. The van der Waals surface area contributed by atoms with Gasteiger partial charge in [-0.05, 0) is 38.5 Å². The molecule has 1 aromatic rings. The van der Waals surface area contributed by atoms with E-state index in [1.54, 1.807) is 11.8 Å². The first-order valence-corrected chi connectivity index (χ1v) is 8.93. The van der Waals surface area contributed by atoms with Crippen molar-refractivity contribution in [2.75, 3.05) is 26.8 Å². The Morgan fingerprint density at radius 1 is 1.32 bits per heavy atom. The molecule has 2 aliphatic rings. The van der Waals surface area contributed by atoms with Crippen molar-refractivity contribution < 1.29 is 14.3 Å². The number of ketones is 1. The van der Waals surface area contributed by atoms with Gasteiger partial charge in [0.1, 0.15) is 6.54 Å². The van der Waals surface area contributed by atoms with Gasteiger partial charge in [-0.15, -0.1) is 0 Å². The molecule has 2 heterocycles. The van der Waals surface area contributed by atoms with Crippen LogP contribution in [0.1, 0.15) is 48.9 Å². The zero-order valence-corrected chi connectivity index (χ0v) is 16.2. The summed E-state index contributed by atoms with van der Waals surface area (Å²) in [5.41, 5.74) is 2.45. The van der Waals surface area contributed by atoms with Gasteiger partial charge in [-0.3, -0.25) is 14.3 Å². The number of aryl methyl sites for hydroxylation is 1. The van der Waals surface area contributed by atoms with E-state index in [0.717, 1.165) is 25.2 Å². The summed E-state index contributed by atoms with van der Waals surface area (Å²) in [5.74, 6) is 0.548. The van der Waals surface area contributed by atoms with Crippen molar-refractivity contribution in [3.8, 4) is 0 Å². The van der Waals surface area contributed by atoms with Gasteiger partial charge in [-0.25, -0.2) is 0 Å². The molecule has 0 spiro atoms. The number of Topliss-reactive ketones (excluding diaryl/α,β-unsaturated/α-hetero) is 1. The van der Waals surface area contributed by atoms with Crippen molar-refractivity contribution in [3.05, 3.63) is 17.0 Å². The van der Waals surface area contributed by atoms with Gasteiger partial charge in [-0.1, -0.05) is 13.8 Å². The lowest BCUT2D eigenvalue weighted by Crippen LogP contribution is -2.55. The number of rotatable bonds is 5. The number of fused-ring (bicyclic) bond motifs is 1. The van der Waals surface area contributed by atoms with Crippen LogP contribution in [0.3, 0.4) is 0 Å². The van der Waals surface area contributed by atoms with E-state index < -0.39 is 0 Å². The maximum atomic E-state index is 12.9. The first-order chi connectivity index (χ1) is 11.6. The lowest BCUT2D eigenvalue weighted by atomic mass is 9.48. The Labute approximate surface area is 149 Å². The molecule has 1 saturated heterocycles. The molecule has 0 unspecified atom stereocenters. The number of amides is 1. The minimum Gasteiger partial charge on any atom is -0.384 e. The van der Waals surface area contributed by atoms with E-state index in [4.69, 9.17) is 4.74 Å². The van der Waals surface area contributed by atoms with Crippen LogP contribution >= 0.6 is 0 Å². The van der Waals surface area contributed by atoms with Crippen molar-refractivity contribution in [2.45, 2.75) is 47.6 Å². The van der Waals surface area contributed by atoms with Crippen LogP contribution < -0.4 is 0 Å². The van der Waals surface area contributed by atoms with E-state index in [1.807, 2.05) is 18.7 Å². The summed E-state index contributed by atoms with van der Waals surface area (Å²) < 4.78 is 7.13. The number of aromatic nitrogens is 2. The third kappa shape index (κ3) is 2.80. The van der Waals surface area contributed by atoms with Crippen molar-refractivity contribution in [3.63, 3.8) is 0 Å². The maximum Gasteiger partial charge on any atom is 0.244 e. The lowest BCUT2D eigenvalue weighted by Gasteiger charge is -2.56. The quantitative estimate of drug-likeness (QED) is 0.766. The highest BCUT2D eigenvalue weighted by molar-refractivity contribution is 5.96. The second kappa shape index (κ2) is 5.94. The Hall–Kier alpha value is -1.69. The fourth-order valence-electron chi connectivity index (χ4n) is 5.39. The molecule has 1 aliphatic heterocycles. The van der Waals surface area contributed by atoms with Gasteiger partial charge in [0.2, 0.25) is 5.91 Å². The van der Waals surface area contributed by atoms with E-state index in [9.17, 15) is 9.59 Å². The summed E-state index contributed by atoms with van der Waals surface area (Å²) in [6, 6.07) is 0. The van der Waals surface area contributed by atoms with E-state index in [1.165, 1.54) is 6.92 Å². The van der Waals surface area contributed by atoms with E-state index >= 15 is 0 Å². The summed E-state index contributed by atoms with van der Waals surface area (Å²) in [6.45, 7) is 12.2. The molecule has 2 atom stereocenters. The topological polar surface area (TPSA) is 64.4 Å². The molecule has 1 aromatic heterocycles. The number of ether oxygens (including phenoxy) is 1. The molecular formula is C19H29N3O3. The fourth-order valence-corrected chi connectivity index (χ4v) is 5.39. The molecule has 138 valence electrons. The number of likely N-dealkylation sites (tertiary alicyclic amines) is 1. The molecule has 0 N–H and O–H groups in total. The van der Waals surface area contributed by atoms with Crippen LogP contribution in [0, 0.1) is 30.6 Å². The summed E-state index contributed by atoms with van der Waals surface area (Å²) in [7, 11) is 1.74. The molecule has 0 bridgehead atoms. The van der Waals surface area contributed by atoms with Crippen LogP contribution in [0.15, 0.2) is 0 Å². The third-order valence-electron chi connectivity index (χ3n) is 6.20. The molecule has 6 nitrogen and oxygen atoms in total. The number of hydrogen-bond acceptors (Lipinski definition) is 4. The van der Waals surface area contributed by atoms with Gasteiger partial charge in [0.15, 0.2) is 5.78 Å². The molecule has 1 saturated carbocycles. The molecule has 6 heteroatoms. The highest BCUT2D eigenvalue weighted by atomic mass is 16.5. The van der Waals surface area contributed by atoms with Gasteiger partial charge in [0, 0.05) is 31.3 Å². The Kier molecular flexibility index (Phi) is 4.30. The smallest absolute Gasteiger partial charge is 0.244 e. The summed E-state index contributed by atoms with van der Waals surface area (Å²) in [6.07, 6.45) is 1.09. The molecule has 2 fully saturated rings. The maximum absolute atomic E-state index is 12.9. The summed E-state index contributed by atoms with van der Waals surface area (Å²) in [4.78, 5) is 26.6. The highest BCUT2D eigenvalue weighted by Gasteiger charge is 2.63. The summed E-state index contributed by atoms with van der Waals surface area (Å²) >= 11 is 0. The Bertz CT molecular complexity index is 722. The molecule has 1 amide bonds. The van der Waals surface area contributed by atoms with E-state index in [-0.39, 0.29) is 29.1 Å². The van der Waals surface area contributed by atoms with Crippen LogP contribution in [0.25, 0.3) is 0 Å². The summed E-state index contributed by atoms with van der Waals surface area (Å²) in [5, 5.41) is 4.40. The largest absolute Gasteiger partial charge is 0.384 e. The second-order valence-electron chi connectivity index (χ2n) is 8.55. The van der Waals surface area contributed by atoms with Gasteiger partial charge >= 0.3 is 0 Å². The van der Waals surface area contributed by atoms with Gasteiger partial charge in [0.05, 0.1) is 17.9 Å². The van der Waals surface area contributed by atoms with Crippen LogP contribution in [-0.2, 0) is 16.1 Å². The SMILES string of the molecule is COC[C@@]12CN(C(=O)Cn3nc(C)c(C(C)=O)c3C)C[C@@H]1C(C)(C)C2. The van der Waals surface area contributed by atoms with Crippen LogP contribution in [-0.4, -0.2) is 53.2 Å². The third-order valence-corrected chi connectivity index (χ3v) is 6.20. The normalized spacial score (nSPS) is 27.1. The Morgan fingerprint density at radius 2 is 2.00 bits per heavy atom. The van der Waals surface area contributed by atoms with Crippen molar-refractivity contribution >= 4 is 11.7 Å². The molecule has 1 aliphatic carbocycles. The van der Waals surface area contributed by atoms with Crippen LogP contribution in [0.2, 0.25) is 0 Å². The number of carbonyl (C=O) groups excluding carboxylic acids is 2.